The third-order valence-corrected chi connectivity index (χ3v) is 8.06. The first-order valence-electron chi connectivity index (χ1n) is 11.2. The van der Waals surface area contributed by atoms with E-state index in [0.717, 1.165) is 11.1 Å². The number of rotatable bonds is 15. The molecule has 0 saturated heterocycles. The molecule has 0 aliphatic carbocycles. The number of carboxylic acid groups (broad SMARTS) is 2. The van der Waals surface area contributed by atoms with Gasteiger partial charge in [-0.2, -0.15) is 12.6 Å². The number of aliphatic carboxylic acids is 2. The van der Waals surface area contributed by atoms with Gasteiger partial charge in [0.1, 0.15) is 18.6 Å². The molecule has 0 aliphatic rings. The molecular formula is C24H30N3O7PS. The van der Waals surface area contributed by atoms with E-state index in [2.05, 4.69) is 28.3 Å². The van der Waals surface area contributed by atoms with Crippen LogP contribution in [0, 0.1) is 0 Å². The highest BCUT2D eigenvalue weighted by Gasteiger charge is 2.31. The second-order valence-electron chi connectivity index (χ2n) is 8.15. The van der Waals surface area contributed by atoms with Gasteiger partial charge in [-0.1, -0.05) is 60.7 Å². The Bertz CT molecular complexity index is 1040. The van der Waals surface area contributed by atoms with Gasteiger partial charge in [-0.25, -0.2) is 0 Å². The van der Waals surface area contributed by atoms with Crippen molar-refractivity contribution in [2.75, 3.05) is 12.3 Å². The molecule has 0 bridgehead atoms. The van der Waals surface area contributed by atoms with Crippen LogP contribution in [0.25, 0.3) is 0 Å². The Balaban J connectivity index is 2.08. The van der Waals surface area contributed by atoms with E-state index in [1.54, 1.807) is 0 Å². The zero-order valence-corrected chi connectivity index (χ0v) is 21.3. The van der Waals surface area contributed by atoms with Gasteiger partial charge in [-0.3, -0.25) is 24.3 Å². The quantitative estimate of drug-likeness (QED) is 0.149. The van der Waals surface area contributed by atoms with E-state index < -0.39 is 49.7 Å². The summed E-state index contributed by atoms with van der Waals surface area (Å²) in [5.41, 5.74) is 1.57. The fraction of sp³-hybridized carbons (Fsp3) is 0.333. The number of hydrogen-bond acceptors (Lipinski definition) is 6. The third-order valence-electron chi connectivity index (χ3n) is 5.16. The van der Waals surface area contributed by atoms with Crippen LogP contribution in [-0.2, 0) is 36.1 Å². The van der Waals surface area contributed by atoms with E-state index in [0.29, 0.717) is 0 Å². The minimum absolute atomic E-state index is 0.0822. The van der Waals surface area contributed by atoms with E-state index in [9.17, 15) is 28.8 Å². The highest BCUT2D eigenvalue weighted by Crippen LogP contribution is 2.49. The Labute approximate surface area is 214 Å². The zero-order chi connectivity index (χ0) is 26.6. The second-order valence-corrected chi connectivity index (χ2v) is 11.2. The molecule has 0 fully saturated rings. The summed E-state index contributed by atoms with van der Waals surface area (Å²) in [4.78, 5) is 47.0. The van der Waals surface area contributed by atoms with Crippen LogP contribution >= 0.6 is 19.9 Å². The Morgan fingerprint density at radius 3 is 1.83 bits per heavy atom. The van der Waals surface area contributed by atoms with Crippen molar-refractivity contribution in [1.29, 1.82) is 0 Å². The third kappa shape index (κ3) is 10.2. The highest BCUT2D eigenvalue weighted by molar-refractivity contribution is 7.80. The Hall–Kier alpha value is -3.14. The topological polar surface area (TPSA) is 162 Å². The number of amides is 2. The minimum atomic E-state index is -3.30. The molecular weight excluding hydrogens is 505 g/mol. The maximum absolute atomic E-state index is 14.0. The number of nitrogens with one attached hydrogen (secondary N) is 3. The lowest BCUT2D eigenvalue weighted by atomic mass is 10.1. The maximum atomic E-state index is 14.0. The monoisotopic (exact) mass is 535 g/mol. The largest absolute Gasteiger partial charge is 0.480 e. The molecule has 2 amide bonds. The van der Waals surface area contributed by atoms with Crippen molar-refractivity contribution in [3.05, 3.63) is 71.8 Å². The maximum Gasteiger partial charge on any atom is 0.322 e. The van der Waals surface area contributed by atoms with Crippen LogP contribution in [-0.4, -0.2) is 58.3 Å². The smallest absolute Gasteiger partial charge is 0.322 e. The summed E-state index contributed by atoms with van der Waals surface area (Å²) >= 11 is 4.00. The summed E-state index contributed by atoms with van der Waals surface area (Å²) in [7, 11) is -3.30. The molecule has 0 spiro atoms. The van der Waals surface area contributed by atoms with E-state index in [4.69, 9.17) is 5.11 Å². The van der Waals surface area contributed by atoms with Crippen molar-refractivity contribution < 1.29 is 34.0 Å². The lowest BCUT2D eigenvalue weighted by Crippen LogP contribution is -2.49. The molecule has 10 nitrogen and oxygen atoms in total. The van der Waals surface area contributed by atoms with Gasteiger partial charge in [0.2, 0.25) is 11.8 Å². The number of hydrogen-bond donors (Lipinski definition) is 6. The predicted octanol–water partition coefficient (Wildman–Crippen LogP) is 2.10. The average Bonchev–Trinajstić information content (AvgIpc) is 2.84. The van der Waals surface area contributed by atoms with Gasteiger partial charge in [-0.15, -0.1) is 0 Å². The van der Waals surface area contributed by atoms with Gasteiger partial charge in [0.25, 0.3) is 0 Å². The van der Waals surface area contributed by atoms with Gasteiger partial charge >= 0.3 is 11.9 Å². The fourth-order valence-electron chi connectivity index (χ4n) is 3.45. The molecule has 5 N–H and O–H groups in total. The normalized spacial score (nSPS) is 12.8. The van der Waals surface area contributed by atoms with Crippen LogP contribution in [0.5, 0.6) is 0 Å². The lowest BCUT2D eigenvalue weighted by Gasteiger charge is -2.25. The Morgan fingerprint density at radius 1 is 0.861 bits per heavy atom. The molecule has 0 unspecified atom stereocenters. The van der Waals surface area contributed by atoms with Crippen LogP contribution in [0.15, 0.2) is 60.7 Å². The first-order valence-corrected chi connectivity index (χ1v) is 13.9. The minimum Gasteiger partial charge on any atom is -0.480 e. The first kappa shape index (κ1) is 29.1. The molecule has 194 valence electrons. The van der Waals surface area contributed by atoms with Gasteiger partial charge in [0.15, 0.2) is 7.29 Å². The van der Waals surface area contributed by atoms with Crippen molar-refractivity contribution >= 4 is 43.7 Å². The summed E-state index contributed by atoms with van der Waals surface area (Å²) in [6, 6.07) is 15.8. The number of benzene rings is 2. The predicted molar refractivity (Wildman–Crippen MR) is 138 cm³/mol. The van der Waals surface area contributed by atoms with Gasteiger partial charge in [0, 0.05) is 24.5 Å². The number of carboxylic acids is 2. The van der Waals surface area contributed by atoms with E-state index in [1.807, 2.05) is 60.7 Å². The summed E-state index contributed by atoms with van der Waals surface area (Å²) < 4.78 is 14.0. The van der Waals surface area contributed by atoms with Gasteiger partial charge in [-0.05, 0) is 17.5 Å². The standard InChI is InChI=1S/C24H30N3O7PS/c28-21(26-20(16-36)23(31)25-13-22(29)30)12-11-19(24(32)33)27-35(34,14-17-7-3-1-4-8-17)15-18-9-5-2-6-10-18/h1-10,19-20,36H,11-16H2,(H,25,31)(H,26,28)(H,27,34)(H,29,30)(H,32,33)/t19-,20-/m0/s1. The van der Waals surface area contributed by atoms with Crippen LogP contribution in [0.4, 0.5) is 0 Å². The van der Waals surface area contributed by atoms with E-state index in [-0.39, 0.29) is 30.9 Å². The van der Waals surface area contributed by atoms with Crippen molar-refractivity contribution in [2.45, 2.75) is 37.2 Å². The van der Waals surface area contributed by atoms with Crippen molar-refractivity contribution in [3.8, 4) is 0 Å². The molecule has 0 heterocycles. The fourth-order valence-corrected chi connectivity index (χ4v) is 6.41. The summed E-state index contributed by atoms with van der Waals surface area (Å²) in [6.45, 7) is -0.609. The molecule has 36 heavy (non-hydrogen) atoms. The average molecular weight is 536 g/mol. The van der Waals surface area contributed by atoms with Crippen LogP contribution in [0.1, 0.15) is 24.0 Å². The molecule has 12 heteroatoms. The van der Waals surface area contributed by atoms with Gasteiger partial charge in [0.05, 0.1) is 0 Å². The number of thiol groups is 1. The molecule has 0 aliphatic heterocycles. The van der Waals surface area contributed by atoms with Gasteiger partial charge < -0.3 is 25.4 Å². The molecule has 0 aromatic heterocycles. The summed E-state index contributed by atoms with van der Waals surface area (Å²) in [6.07, 6.45) is -0.184. The Morgan fingerprint density at radius 2 is 1.39 bits per heavy atom. The molecule has 0 saturated carbocycles. The van der Waals surface area contributed by atoms with Crippen molar-refractivity contribution in [1.82, 2.24) is 15.7 Å². The van der Waals surface area contributed by atoms with Crippen LogP contribution in [0.3, 0.4) is 0 Å². The van der Waals surface area contributed by atoms with Crippen LogP contribution in [0.2, 0.25) is 0 Å². The van der Waals surface area contributed by atoms with E-state index in [1.165, 1.54) is 0 Å². The number of carbonyl (C=O) groups excluding carboxylic acids is 2. The van der Waals surface area contributed by atoms with Crippen molar-refractivity contribution in [2.24, 2.45) is 0 Å². The molecule has 2 atom stereocenters. The molecule has 2 aromatic carbocycles. The first-order chi connectivity index (χ1) is 17.1. The molecule has 2 rings (SSSR count). The Kier molecular flexibility index (Phi) is 11.7. The zero-order valence-electron chi connectivity index (χ0n) is 19.5. The number of carbonyl (C=O) groups is 4. The SMILES string of the molecule is O=C(O)CNC(=O)[C@H](CS)NC(=O)CC[C@H](NP(=O)(Cc1ccccc1)Cc1ccccc1)C(=O)O. The second kappa shape index (κ2) is 14.4. The summed E-state index contributed by atoms with van der Waals surface area (Å²) in [5.74, 6) is -3.91. The van der Waals surface area contributed by atoms with Crippen LogP contribution < -0.4 is 15.7 Å². The summed E-state index contributed by atoms with van der Waals surface area (Å²) in [5, 5.41) is 25.8. The van der Waals surface area contributed by atoms with Crippen molar-refractivity contribution in [3.63, 3.8) is 0 Å². The molecule has 0 radical (unpaired) electrons. The molecule has 2 aromatic rings. The lowest BCUT2D eigenvalue weighted by molar-refractivity contribution is -0.139. The highest BCUT2D eigenvalue weighted by atomic mass is 32.1. The van der Waals surface area contributed by atoms with E-state index >= 15 is 0 Å².